The van der Waals surface area contributed by atoms with Crippen molar-refractivity contribution in [2.75, 3.05) is 7.05 Å². The lowest BCUT2D eigenvalue weighted by Gasteiger charge is -2.25. The van der Waals surface area contributed by atoms with Gasteiger partial charge in [0.1, 0.15) is 0 Å². The van der Waals surface area contributed by atoms with Gasteiger partial charge >= 0.3 is 6.09 Å². The fraction of sp³-hybridized carbons (Fsp3) is 0.857. The molecular weight excluding hydrogens is 144 g/mol. The van der Waals surface area contributed by atoms with Crippen LogP contribution in [0.15, 0.2) is 0 Å². The Bertz CT molecular complexity index is 140. The lowest BCUT2D eigenvalue weighted by molar-refractivity contribution is 0.0370. The molecule has 0 aliphatic carbocycles. The van der Waals surface area contributed by atoms with Crippen LogP contribution >= 0.6 is 0 Å². The topological polar surface area (TPSA) is 64.3 Å². The van der Waals surface area contributed by atoms with Gasteiger partial charge in [0.05, 0.1) is 0 Å². The normalized spacial score (nSPS) is 13.9. The van der Waals surface area contributed by atoms with E-state index < -0.39 is 12.3 Å². The van der Waals surface area contributed by atoms with E-state index in [1.54, 1.807) is 0 Å². The Balaban J connectivity index is 3.87. The molecule has 66 valence electrons. The first-order valence-electron chi connectivity index (χ1n) is 3.52. The predicted octanol–water partition coefficient (Wildman–Crippen LogP) is 0.673. The highest BCUT2D eigenvalue weighted by atomic mass is 16.6. The number of carbonyl (C=O) groups is 1. The molecule has 0 saturated heterocycles. The Kier molecular flexibility index (Phi) is 3.32. The van der Waals surface area contributed by atoms with Crippen molar-refractivity contribution < 1.29 is 9.53 Å². The standard InChI is InChI=1S/C7H16N2O2/c1-7(2,3)5(8)11-6(10)9-4/h5H,8H2,1-4H3,(H,9,10). The summed E-state index contributed by atoms with van der Waals surface area (Å²) in [4.78, 5) is 10.7. The molecule has 1 atom stereocenters. The van der Waals surface area contributed by atoms with Crippen LogP contribution in [0.25, 0.3) is 0 Å². The van der Waals surface area contributed by atoms with E-state index in [1.807, 2.05) is 20.8 Å². The third-order valence-electron chi connectivity index (χ3n) is 1.29. The van der Waals surface area contributed by atoms with Crippen LogP contribution in [0, 0.1) is 5.41 Å². The molecule has 1 unspecified atom stereocenters. The lowest BCUT2D eigenvalue weighted by Crippen LogP contribution is -2.41. The van der Waals surface area contributed by atoms with Gasteiger partial charge in [-0.2, -0.15) is 0 Å². The number of ether oxygens (including phenoxy) is 1. The second-order valence-corrected chi connectivity index (χ2v) is 3.44. The van der Waals surface area contributed by atoms with Crippen molar-refractivity contribution in [2.24, 2.45) is 11.1 Å². The summed E-state index contributed by atoms with van der Waals surface area (Å²) in [6, 6.07) is 0. The fourth-order valence-corrected chi connectivity index (χ4v) is 0.351. The van der Waals surface area contributed by atoms with Gasteiger partial charge in [0, 0.05) is 12.5 Å². The molecule has 3 N–H and O–H groups in total. The summed E-state index contributed by atoms with van der Waals surface area (Å²) in [5, 5.41) is 2.33. The van der Waals surface area contributed by atoms with Gasteiger partial charge in [-0.25, -0.2) is 4.79 Å². The Morgan fingerprint density at radius 1 is 1.55 bits per heavy atom. The Hall–Kier alpha value is -0.770. The van der Waals surface area contributed by atoms with Crippen molar-refractivity contribution in [3.8, 4) is 0 Å². The minimum Gasteiger partial charge on any atom is -0.430 e. The molecule has 0 rings (SSSR count). The number of amides is 1. The average Bonchev–Trinajstić information content (AvgIpc) is 1.85. The van der Waals surface area contributed by atoms with Crippen LogP contribution in [0.4, 0.5) is 4.79 Å². The highest BCUT2D eigenvalue weighted by Gasteiger charge is 2.23. The van der Waals surface area contributed by atoms with Crippen LogP contribution in [0.2, 0.25) is 0 Å². The van der Waals surface area contributed by atoms with Gasteiger partial charge in [0.2, 0.25) is 0 Å². The van der Waals surface area contributed by atoms with Crippen LogP contribution in [-0.4, -0.2) is 19.4 Å². The van der Waals surface area contributed by atoms with Gasteiger partial charge in [-0.3, -0.25) is 5.73 Å². The molecule has 0 aromatic rings. The highest BCUT2D eigenvalue weighted by molar-refractivity contribution is 5.66. The zero-order valence-corrected chi connectivity index (χ0v) is 7.47. The largest absolute Gasteiger partial charge is 0.430 e. The van der Waals surface area contributed by atoms with E-state index in [1.165, 1.54) is 7.05 Å². The Morgan fingerprint density at radius 3 is 2.27 bits per heavy atom. The molecule has 4 nitrogen and oxygen atoms in total. The van der Waals surface area contributed by atoms with Crippen molar-refractivity contribution in [1.82, 2.24) is 5.32 Å². The molecule has 0 radical (unpaired) electrons. The molecule has 0 aliphatic rings. The van der Waals surface area contributed by atoms with Crippen LogP contribution in [0.5, 0.6) is 0 Å². The predicted molar refractivity (Wildman–Crippen MR) is 43.0 cm³/mol. The molecule has 0 fully saturated rings. The van der Waals surface area contributed by atoms with Crippen molar-refractivity contribution in [2.45, 2.75) is 27.0 Å². The molecule has 11 heavy (non-hydrogen) atoms. The first-order chi connectivity index (χ1) is 4.88. The number of alkyl carbamates (subject to hydrolysis) is 1. The van der Waals surface area contributed by atoms with Gasteiger partial charge in [0.25, 0.3) is 0 Å². The minimum absolute atomic E-state index is 0.216. The molecule has 4 heteroatoms. The van der Waals surface area contributed by atoms with Gasteiger partial charge in [-0.15, -0.1) is 0 Å². The van der Waals surface area contributed by atoms with E-state index in [0.29, 0.717) is 0 Å². The van der Waals surface area contributed by atoms with Gasteiger partial charge in [-0.05, 0) is 0 Å². The quantitative estimate of drug-likeness (QED) is 0.554. The second kappa shape index (κ2) is 3.57. The maximum Gasteiger partial charge on any atom is 0.408 e. The summed E-state index contributed by atoms with van der Waals surface area (Å²) < 4.78 is 4.79. The number of rotatable bonds is 1. The van der Waals surface area contributed by atoms with Crippen LogP contribution in [0.3, 0.4) is 0 Å². The lowest BCUT2D eigenvalue weighted by atomic mass is 9.95. The van der Waals surface area contributed by atoms with Crippen molar-refractivity contribution >= 4 is 6.09 Å². The maximum atomic E-state index is 10.7. The first kappa shape index (κ1) is 10.2. The van der Waals surface area contributed by atoms with E-state index >= 15 is 0 Å². The molecule has 0 aromatic carbocycles. The van der Waals surface area contributed by atoms with E-state index in [-0.39, 0.29) is 5.41 Å². The van der Waals surface area contributed by atoms with Gasteiger partial charge < -0.3 is 10.1 Å². The van der Waals surface area contributed by atoms with Crippen LogP contribution in [-0.2, 0) is 4.74 Å². The summed E-state index contributed by atoms with van der Waals surface area (Å²) in [6.07, 6.45) is -1.06. The third kappa shape index (κ3) is 3.83. The van der Waals surface area contributed by atoms with Crippen LogP contribution in [0.1, 0.15) is 20.8 Å². The van der Waals surface area contributed by atoms with Crippen molar-refractivity contribution in [3.63, 3.8) is 0 Å². The Labute approximate surface area is 67.1 Å². The molecule has 0 bridgehead atoms. The number of hydrogen-bond donors (Lipinski definition) is 2. The summed E-state index contributed by atoms with van der Waals surface area (Å²) in [6.45, 7) is 5.71. The average molecular weight is 160 g/mol. The Morgan fingerprint density at radius 2 is 2.00 bits per heavy atom. The SMILES string of the molecule is CNC(=O)OC(N)C(C)(C)C. The van der Waals surface area contributed by atoms with E-state index in [0.717, 1.165) is 0 Å². The van der Waals surface area contributed by atoms with Crippen molar-refractivity contribution in [3.05, 3.63) is 0 Å². The summed E-state index contributed by atoms with van der Waals surface area (Å²) in [5.74, 6) is 0. The highest BCUT2D eigenvalue weighted by Crippen LogP contribution is 2.17. The zero-order valence-electron chi connectivity index (χ0n) is 7.47. The number of hydrogen-bond acceptors (Lipinski definition) is 3. The smallest absolute Gasteiger partial charge is 0.408 e. The summed E-state index contributed by atoms with van der Waals surface area (Å²) >= 11 is 0. The van der Waals surface area contributed by atoms with Crippen LogP contribution < -0.4 is 11.1 Å². The number of nitrogens with one attached hydrogen (secondary N) is 1. The monoisotopic (exact) mass is 160 g/mol. The molecule has 0 aliphatic heterocycles. The minimum atomic E-state index is -0.567. The molecule has 0 heterocycles. The van der Waals surface area contributed by atoms with E-state index in [4.69, 9.17) is 10.5 Å². The number of carbonyl (C=O) groups excluding carboxylic acids is 1. The molecule has 0 spiro atoms. The van der Waals surface area contributed by atoms with E-state index in [9.17, 15) is 4.79 Å². The number of nitrogens with two attached hydrogens (primary N) is 1. The molecule has 1 amide bonds. The second-order valence-electron chi connectivity index (χ2n) is 3.44. The zero-order chi connectivity index (χ0) is 9.07. The summed E-state index contributed by atoms with van der Waals surface area (Å²) in [5.41, 5.74) is 5.33. The molecule has 0 aromatic heterocycles. The first-order valence-corrected chi connectivity index (χ1v) is 3.52. The molecule has 0 saturated carbocycles. The van der Waals surface area contributed by atoms with Gasteiger partial charge in [-0.1, -0.05) is 20.8 Å². The maximum absolute atomic E-state index is 10.7. The van der Waals surface area contributed by atoms with E-state index in [2.05, 4.69) is 5.32 Å². The summed E-state index contributed by atoms with van der Waals surface area (Å²) in [7, 11) is 1.50. The van der Waals surface area contributed by atoms with Gasteiger partial charge in [0.15, 0.2) is 6.23 Å². The fourth-order valence-electron chi connectivity index (χ4n) is 0.351. The van der Waals surface area contributed by atoms with Crippen molar-refractivity contribution in [1.29, 1.82) is 0 Å². The molecular formula is C7H16N2O2. The third-order valence-corrected chi connectivity index (χ3v) is 1.29.